The highest BCUT2D eigenvalue weighted by atomic mass is 16.5. The predicted octanol–water partition coefficient (Wildman–Crippen LogP) is 1.74. The first-order valence-corrected chi connectivity index (χ1v) is 6.44. The third-order valence-corrected chi connectivity index (χ3v) is 2.93. The summed E-state index contributed by atoms with van der Waals surface area (Å²) < 4.78 is 5.52. The van der Waals surface area contributed by atoms with Crippen LogP contribution in [0, 0.1) is 0 Å². The maximum absolute atomic E-state index is 9.94. The number of likely N-dealkylation sites (N-methyl/N-ethyl adjacent to an activating group) is 1. The number of rotatable bonds is 7. The molecule has 4 nitrogen and oxygen atoms in total. The van der Waals surface area contributed by atoms with E-state index in [9.17, 15) is 5.11 Å². The van der Waals surface area contributed by atoms with Crippen LogP contribution >= 0.6 is 0 Å². The Morgan fingerprint density at radius 2 is 2.00 bits per heavy atom. The van der Waals surface area contributed by atoms with Gasteiger partial charge >= 0.3 is 0 Å². The van der Waals surface area contributed by atoms with Gasteiger partial charge in [0.25, 0.3) is 0 Å². The van der Waals surface area contributed by atoms with E-state index in [1.54, 1.807) is 6.07 Å². The molecule has 0 heterocycles. The summed E-state index contributed by atoms with van der Waals surface area (Å²) in [5, 5.41) is 9.94. The zero-order chi connectivity index (χ0) is 13.5. The number of benzene rings is 1. The molecule has 0 radical (unpaired) electrons. The summed E-state index contributed by atoms with van der Waals surface area (Å²) in [5.74, 6) is 0.629. The van der Waals surface area contributed by atoms with E-state index in [2.05, 4.69) is 25.7 Å². The van der Waals surface area contributed by atoms with Gasteiger partial charge < -0.3 is 15.6 Å². The number of hydrogen-bond donors (Lipinski definition) is 2. The van der Waals surface area contributed by atoms with Crippen LogP contribution in [0.5, 0.6) is 5.75 Å². The highest BCUT2D eigenvalue weighted by molar-refractivity contribution is 5.51. The SMILES string of the molecule is CCN(CC(O)COc1ccccc1N)C(C)C. The van der Waals surface area contributed by atoms with E-state index in [1.807, 2.05) is 18.2 Å². The van der Waals surface area contributed by atoms with Crippen LogP contribution in [-0.2, 0) is 0 Å². The van der Waals surface area contributed by atoms with E-state index in [4.69, 9.17) is 10.5 Å². The van der Waals surface area contributed by atoms with Crippen molar-refractivity contribution in [2.24, 2.45) is 0 Å². The predicted molar refractivity (Wildman–Crippen MR) is 74.7 cm³/mol. The number of nitrogen functional groups attached to an aromatic ring is 1. The lowest BCUT2D eigenvalue weighted by Crippen LogP contribution is -2.39. The van der Waals surface area contributed by atoms with Crippen molar-refractivity contribution in [3.8, 4) is 5.75 Å². The van der Waals surface area contributed by atoms with Crippen LogP contribution in [0.3, 0.4) is 0 Å². The first-order valence-electron chi connectivity index (χ1n) is 6.44. The smallest absolute Gasteiger partial charge is 0.142 e. The van der Waals surface area contributed by atoms with Crippen molar-refractivity contribution in [1.82, 2.24) is 4.90 Å². The lowest BCUT2D eigenvalue weighted by atomic mass is 10.2. The van der Waals surface area contributed by atoms with Crippen molar-refractivity contribution in [3.05, 3.63) is 24.3 Å². The van der Waals surface area contributed by atoms with Crippen LogP contribution in [0.25, 0.3) is 0 Å². The average Bonchev–Trinajstić information content (AvgIpc) is 2.34. The summed E-state index contributed by atoms with van der Waals surface area (Å²) in [7, 11) is 0. The van der Waals surface area contributed by atoms with Crippen molar-refractivity contribution in [3.63, 3.8) is 0 Å². The average molecular weight is 252 g/mol. The van der Waals surface area contributed by atoms with Crippen LogP contribution in [0.15, 0.2) is 24.3 Å². The molecule has 1 aromatic carbocycles. The number of aliphatic hydroxyl groups excluding tert-OH is 1. The lowest BCUT2D eigenvalue weighted by molar-refractivity contribution is 0.0600. The van der Waals surface area contributed by atoms with Gasteiger partial charge in [0, 0.05) is 12.6 Å². The van der Waals surface area contributed by atoms with E-state index < -0.39 is 6.10 Å². The molecule has 102 valence electrons. The monoisotopic (exact) mass is 252 g/mol. The maximum Gasteiger partial charge on any atom is 0.142 e. The van der Waals surface area contributed by atoms with Crippen molar-refractivity contribution in [2.45, 2.75) is 32.9 Å². The lowest BCUT2D eigenvalue weighted by Gasteiger charge is -2.27. The number of para-hydroxylation sites is 2. The van der Waals surface area contributed by atoms with Crippen molar-refractivity contribution in [2.75, 3.05) is 25.4 Å². The first kappa shape index (κ1) is 14.8. The van der Waals surface area contributed by atoms with E-state index in [0.29, 0.717) is 24.0 Å². The summed E-state index contributed by atoms with van der Waals surface area (Å²) in [6.45, 7) is 8.11. The number of anilines is 1. The topological polar surface area (TPSA) is 58.7 Å². The highest BCUT2D eigenvalue weighted by Gasteiger charge is 2.13. The molecule has 0 saturated heterocycles. The number of nitrogens with two attached hydrogens (primary N) is 1. The Morgan fingerprint density at radius 3 is 2.56 bits per heavy atom. The number of aliphatic hydroxyl groups is 1. The van der Waals surface area contributed by atoms with Crippen LogP contribution in [0.1, 0.15) is 20.8 Å². The molecule has 0 aromatic heterocycles. The molecule has 0 aliphatic heterocycles. The standard InChI is InChI=1S/C14H24N2O2/c1-4-16(11(2)3)9-12(17)10-18-14-8-6-5-7-13(14)15/h5-8,11-12,17H,4,9-10,15H2,1-3H3. The second kappa shape index (κ2) is 7.24. The Balaban J connectivity index is 2.41. The summed E-state index contributed by atoms with van der Waals surface area (Å²) >= 11 is 0. The molecular weight excluding hydrogens is 228 g/mol. The second-order valence-corrected chi connectivity index (χ2v) is 4.68. The van der Waals surface area contributed by atoms with Crippen LogP contribution in [0.4, 0.5) is 5.69 Å². The molecule has 1 unspecified atom stereocenters. The molecule has 1 aromatic rings. The molecule has 0 fully saturated rings. The van der Waals surface area contributed by atoms with Crippen LogP contribution in [-0.4, -0.2) is 41.8 Å². The minimum Gasteiger partial charge on any atom is -0.489 e. The molecule has 1 atom stereocenters. The van der Waals surface area contributed by atoms with E-state index >= 15 is 0 Å². The maximum atomic E-state index is 9.94. The van der Waals surface area contributed by atoms with Gasteiger partial charge in [0.2, 0.25) is 0 Å². The van der Waals surface area contributed by atoms with Crippen LogP contribution in [0.2, 0.25) is 0 Å². The molecule has 18 heavy (non-hydrogen) atoms. The van der Waals surface area contributed by atoms with Gasteiger partial charge in [-0.05, 0) is 32.5 Å². The second-order valence-electron chi connectivity index (χ2n) is 4.68. The fourth-order valence-corrected chi connectivity index (χ4v) is 1.83. The molecule has 0 spiro atoms. The van der Waals surface area contributed by atoms with Gasteiger partial charge in [0.1, 0.15) is 18.5 Å². The Kier molecular flexibility index (Phi) is 5.95. The molecule has 0 amide bonds. The molecule has 0 bridgehead atoms. The number of hydrogen-bond acceptors (Lipinski definition) is 4. The van der Waals surface area contributed by atoms with E-state index in [-0.39, 0.29) is 6.61 Å². The molecule has 3 N–H and O–H groups in total. The molecular formula is C14H24N2O2. The largest absolute Gasteiger partial charge is 0.489 e. The normalized spacial score (nSPS) is 13.0. The Hall–Kier alpha value is -1.26. The Bertz CT molecular complexity index is 355. The zero-order valence-corrected chi connectivity index (χ0v) is 11.5. The van der Waals surface area contributed by atoms with Gasteiger partial charge in [-0.3, -0.25) is 4.90 Å². The summed E-state index contributed by atoms with van der Waals surface area (Å²) in [6, 6.07) is 7.74. The minimum atomic E-state index is -0.507. The van der Waals surface area contributed by atoms with Crippen molar-refractivity contribution in [1.29, 1.82) is 0 Å². The van der Waals surface area contributed by atoms with Gasteiger partial charge in [0.15, 0.2) is 0 Å². The molecule has 0 aliphatic carbocycles. The zero-order valence-electron chi connectivity index (χ0n) is 11.5. The molecule has 0 aliphatic rings. The quantitative estimate of drug-likeness (QED) is 0.726. The van der Waals surface area contributed by atoms with Crippen LogP contribution < -0.4 is 10.5 Å². The van der Waals surface area contributed by atoms with Gasteiger partial charge in [-0.1, -0.05) is 19.1 Å². The highest BCUT2D eigenvalue weighted by Crippen LogP contribution is 2.19. The minimum absolute atomic E-state index is 0.261. The van der Waals surface area contributed by atoms with Crippen molar-refractivity contribution < 1.29 is 9.84 Å². The molecule has 0 saturated carbocycles. The fraction of sp³-hybridized carbons (Fsp3) is 0.571. The van der Waals surface area contributed by atoms with E-state index in [0.717, 1.165) is 6.54 Å². The molecule has 4 heteroatoms. The van der Waals surface area contributed by atoms with Gasteiger partial charge in [-0.2, -0.15) is 0 Å². The molecule has 1 rings (SSSR count). The van der Waals surface area contributed by atoms with Gasteiger partial charge in [-0.25, -0.2) is 0 Å². The number of nitrogens with zero attached hydrogens (tertiary/aromatic N) is 1. The third-order valence-electron chi connectivity index (χ3n) is 2.93. The first-order chi connectivity index (χ1) is 8.54. The van der Waals surface area contributed by atoms with Gasteiger partial charge in [0.05, 0.1) is 5.69 Å². The fourth-order valence-electron chi connectivity index (χ4n) is 1.83. The Morgan fingerprint density at radius 1 is 1.33 bits per heavy atom. The summed E-state index contributed by atoms with van der Waals surface area (Å²) in [6.07, 6.45) is -0.507. The summed E-state index contributed by atoms with van der Waals surface area (Å²) in [5.41, 5.74) is 6.36. The van der Waals surface area contributed by atoms with E-state index in [1.165, 1.54) is 0 Å². The Labute approximate surface area is 109 Å². The van der Waals surface area contributed by atoms with Gasteiger partial charge in [-0.15, -0.1) is 0 Å². The number of ether oxygens (including phenoxy) is 1. The third kappa shape index (κ3) is 4.55. The van der Waals surface area contributed by atoms with Crippen molar-refractivity contribution >= 4 is 5.69 Å². The summed E-state index contributed by atoms with van der Waals surface area (Å²) in [4.78, 5) is 2.20.